The van der Waals surface area contributed by atoms with E-state index in [1.165, 1.54) is 47.4 Å². The Labute approximate surface area is 178 Å². The van der Waals surface area contributed by atoms with E-state index in [-0.39, 0.29) is 24.6 Å². The molecule has 2 saturated heterocycles. The molecule has 2 aromatic carbocycles. The van der Waals surface area contributed by atoms with Crippen LogP contribution >= 0.6 is 0 Å². The van der Waals surface area contributed by atoms with Crippen LogP contribution in [0.25, 0.3) is 0 Å². The number of hydrogen-bond donors (Lipinski definition) is 0. The van der Waals surface area contributed by atoms with E-state index in [0.717, 1.165) is 17.7 Å². The third-order valence-electron chi connectivity index (χ3n) is 5.54. The van der Waals surface area contributed by atoms with Gasteiger partial charge in [0, 0.05) is 13.2 Å². The first-order valence-corrected chi connectivity index (χ1v) is 10.0. The second-order valence-corrected chi connectivity index (χ2v) is 7.52. The SMILES string of the molecule is N#Cc1ccc(N2C(=O)CC(N(CC3CCCO3)C(=O)c3ccccc3F)C2=O)cc1. The van der Waals surface area contributed by atoms with Gasteiger partial charge in [-0.05, 0) is 49.2 Å². The molecule has 8 heteroatoms. The van der Waals surface area contributed by atoms with Gasteiger partial charge in [0.2, 0.25) is 5.91 Å². The number of imide groups is 1. The normalized spacial score (nSPS) is 20.7. The summed E-state index contributed by atoms with van der Waals surface area (Å²) in [5.74, 6) is -2.36. The summed E-state index contributed by atoms with van der Waals surface area (Å²) >= 11 is 0. The average Bonchev–Trinajstić information content (AvgIpc) is 3.39. The second-order valence-electron chi connectivity index (χ2n) is 7.52. The van der Waals surface area contributed by atoms with Crippen LogP contribution in [0.5, 0.6) is 0 Å². The Morgan fingerprint density at radius 3 is 2.58 bits per heavy atom. The van der Waals surface area contributed by atoms with Crippen LogP contribution in [0, 0.1) is 17.1 Å². The van der Waals surface area contributed by atoms with Crippen LogP contribution in [0.4, 0.5) is 10.1 Å². The molecule has 3 amide bonds. The van der Waals surface area contributed by atoms with Crippen LogP contribution in [0.15, 0.2) is 48.5 Å². The van der Waals surface area contributed by atoms with E-state index in [1.54, 1.807) is 6.07 Å². The molecule has 158 valence electrons. The second kappa shape index (κ2) is 8.66. The Morgan fingerprint density at radius 2 is 1.94 bits per heavy atom. The smallest absolute Gasteiger partial charge is 0.257 e. The zero-order valence-corrected chi connectivity index (χ0v) is 16.7. The Morgan fingerprint density at radius 1 is 1.19 bits per heavy atom. The molecule has 0 radical (unpaired) electrons. The minimum absolute atomic E-state index is 0.0953. The summed E-state index contributed by atoms with van der Waals surface area (Å²) in [5.41, 5.74) is 0.568. The van der Waals surface area contributed by atoms with Gasteiger partial charge in [0.05, 0.1) is 35.4 Å². The van der Waals surface area contributed by atoms with Crippen LogP contribution in [0.3, 0.4) is 0 Å². The molecule has 2 fully saturated rings. The van der Waals surface area contributed by atoms with E-state index in [9.17, 15) is 18.8 Å². The van der Waals surface area contributed by atoms with E-state index >= 15 is 0 Å². The highest BCUT2D eigenvalue weighted by Gasteiger charge is 2.45. The number of benzene rings is 2. The maximum atomic E-state index is 14.3. The van der Waals surface area contributed by atoms with Crippen molar-refractivity contribution in [2.45, 2.75) is 31.4 Å². The zero-order valence-electron chi connectivity index (χ0n) is 16.7. The Kier molecular flexibility index (Phi) is 5.78. The molecule has 0 N–H and O–H groups in total. The number of amides is 3. The van der Waals surface area contributed by atoms with E-state index < -0.39 is 29.6 Å². The molecule has 0 saturated carbocycles. The molecule has 2 aliphatic rings. The molecule has 2 aliphatic heterocycles. The fraction of sp³-hybridized carbons (Fsp3) is 0.304. The Hall–Kier alpha value is -3.57. The maximum absolute atomic E-state index is 14.3. The lowest BCUT2D eigenvalue weighted by Gasteiger charge is -2.30. The number of ether oxygens (including phenoxy) is 1. The van der Waals surface area contributed by atoms with Gasteiger partial charge < -0.3 is 9.64 Å². The van der Waals surface area contributed by atoms with E-state index in [0.29, 0.717) is 17.9 Å². The molecule has 0 spiro atoms. The van der Waals surface area contributed by atoms with Gasteiger partial charge in [-0.3, -0.25) is 14.4 Å². The summed E-state index contributed by atoms with van der Waals surface area (Å²) in [5, 5.41) is 8.96. The lowest BCUT2D eigenvalue weighted by atomic mass is 10.1. The number of rotatable bonds is 5. The number of carbonyl (C=O) groups excluding carboxylic acids is 3. The summed E-state index contributed by atoms with van der Waals surface area (Å²) < 4.78 is 20.0. The lowest BCUT2D eigenvalue weighted by molar-refractivity contribution is -0.122. The van der Waals surface area contributed by atoms with Crippen molar-refractivity contribution in [2.24, 2.45) is 0 Å². The molecule has 4 rings (SSSR count). The minimum Gasteiger partial charge on any atom is -0.376 e. The molecule has 0 bridgehead atoms. The van der Waals surface area contributed by atoms with Gasteiger partial charge in [0.25, 0.3) is 11.8 Å². The van der Waals surface area contributed by atoms with Crippen molar-refractivity contribution in [1.29, 1.82) is 5.26 Å². The van der Waals surface area contributed by atoms with Gasteiger partial charge in [-0.1, -0.05) is 12.1 Å². The third kappa shape index (κ3) is 4.05. The molecule has 2 atom stereocenters. The van der Waals surface area contributed by atoms with Crippen molar-refractivity contribution in [2.75, 3.05) is 18.1 Å². The van der Waals surface area contributed by atoms with Gasteiger partial charge in [0.15, 0.2) is 0 Å². The molecule has 0 aromatic heterocycles. The molecule has 0 aliphatic carbocycles. The van der Waals surface area contributed by atoms with Gasteiger partial charge >= 0.3 is 0 Å². The number of hydrogen-bond acceptors (Lipinski definition) is 5. The summed E-state index contributed by atoms with van der Waals surface area (Å²) in [6.07, 6.45) is 1.07. The third-order valence-corrected chi connectivity index (χ3v) is 5.54. The summed E-state index contributed by atoms with van der Waals surface area (Å²) in [6.45, 7) is 0.652. The van der Waals surface area contributed by atoms with Crippen LogP contribution < -0.4 is 4.90 Å². The highest BCUT2D eigenvalue weighted by molar-refractivity contribution is 6.23. The molecular weight excluding hydrogens is 401 g/mol. The molecule has 2 unspecified atom stereocenters. The first-order valence-electron chi connectivity index (χ1n) is 10.0. The first kappa shape index (κ1) is 20.7. The van der Waals surface area contributed by atoms with Crippen LogP contribution in [-0.4, -0.2) is 47.9 Å². The van der Waals surface area contributed by atoms with Crippen molar-refractivity contribution in [3.05, 3.63) is 65.5 Å². The molecule has 31 heavy (non-hydrogen) atoms. The molecular formula is C23H20FN3O4. The number of anilines is 1. The highest BCUT2D eigenvalue weighted by Crippen LogP contribution is 2.28. The fourth-order valence-corrected chi connectivity index (χ4v) is 3.96. The number of carbonyl (C=O) groups is 3. The number of halogens is 1. The van der Waals surface area contributed by atoms with Crippen LogP contribution in [0.2, 0.25) is 0 Å². The quantitative estimate of drug-likeness (QED) is 0.693. The van der Waals surface area contributed by atoms with E-state index in [4.69, 9.17) is 10.00 Å². The largest absolute Gasteiger partial charge is 0.376 e. The summed E-state index contributed by atoms with van der Waals surface area (Å²) in [4.78, 5) is 41.4. The van der Waals surface area contributed by atoms with Crippen LogP contribution in [-0.2, 0) is 14.3 Å². The Balaban J connectivity index is 1.65. The average molecular weight is 421 g/mol. The predicted octanol–water partition coefficient (Wildman–Crippen LogP) is 2.65. The van der Waals surface area contributed by atoms with E-state index in [1.807, 2.05) is 6.07 Å². The Bertz CT molecular complexity index is 1060. The maximum Gasteiger partial charge on any atom is 0.257 e. The summed E-state index contributed by atoms with van der Waals surface area (Å²) in [6, 6.07) is 12.5. The van der Waals surface area contributed by atoms with Gasteiger partial charge in [-0.15, -0.1) is 0 Å². The monoisotopic (exact) mass is 421 g/mol. The van der Waals surface area contributed by atoms with Crippen molar-refractivity contribution < 1.29 is 23.5 Å². The predicted molar refractivity (Wildman–Crippen MR) is 108 cm³/mol. The number of nitrogens with zero attached hydrogens (tertiary/aromatic N) is 3. The van der Waals surface area contributed by atoms with Crippen molar-refractivity contribution >= 4 is 23.4 Å². The summed E-state index contributed by atoms with van der Waals surface area (Å²) in [7, 11) is 0. The van der Waals surface area contributed by atoms with Crippen molar-refractivity contribution in [3.63, 3.8) is 0 Å². The van der Waals surface area contributed by atoms with Crippen molar-refractivity contribution in [3.8, 4) is 6.07 Å². The van der Waals surface area contributed by atoms with Gasteiger partial charge in [-0.25, -0.2) is 9.29 Å². The van der Waals surface area contributed by atoms with Gasteiger partial charge in [-0.2, -0.15) is 5.26 Å². The zero-order chi connectivity index (χ0) is 22.0. The molecule has 2 heterocycles. The fourth-order valence-electron chi connectivity index (χ4n) is 3.96. The lowest BCUT2D eigenvalue weighted by Crippen LogP contribution is -2.48. The molecule has 7 nitrogen and oxygen atoms in total. The van der Waals surface area contributed by atoms with E-state index in [2.05, 4.69) is 0 Å². The van der Waals surface area contributed by atoms with Gasteiger partial charge in [0.1, 0.15) is 11.9 Å². The highest BCUT2D eigenvalue weighted by atomic mass is 19.1. The standard InChI is InChI=1S/C23H20FN3O4/c24-19-6-2-1-5-18(19)22(29)26(14-17-4-3-11-31-17)20-12-21(28)27(23(20)30)16-9-7-15(13-25)8-10-16/h1-2,5-10,17,20H,3-4,11-12,14H2. The van der Waals surface area contributed by atoms with Crippen molar-refractivity contribution in [1.82, 2.24) is 4.90 Å². The molecule has 2 aromatic rings. The number of nitriles is 1. The minimum atomic E-state index is -1.06. The topological polar surface area (TPSA) is 90.7 Å². The van der Waals surface area contributed by atoms with Crippen LogP contribution in [0.1, 0.15) is 35.2 Å². The first-order chi connectivity index (χ1) is 15.0.